The Morgan fingerprint density at radius 2 is 1.86 bits per heavy atom. The molecule has 0 radical (unpaired) electrons. The molecule has 3 rings (SSSR count). The van der Waals surface area contributed by atoms with Gasteiger partial charge < -0.3 is 19.8 Å². The Balaban J connectivity index is 1.68. The SMILES string of the molecule is CCn1cc(C(C)[C@H](N)C(=O)OC(=O)OCc2ccccc2)c2ccc(C)cc21. The van der Waals surface area contributed by atoms with Crippen LogP contribution in [0.5, 0.6) is 0 Å². The third-order valence-corrected chi connectivity index (χ3v) is 5.09. The molecule has 1 unspecified atom stereocenters. The summed E-state index contributed by atoms with van der Waals surface area (Å²) in [5.41, 5.74) is 10.1. The summed E-state index contributed by atoms with van der Waals surface area (Å²) in [5.74, 6) is -1.14. The fourth-order valence-electron chi connectivity index (χ4n) is 3.35. The van der Waals surface area contributed by atoms with Crippen molar-refractivity contribution in [1.29, 1.82) is 0 Å². The molecule has 0 aliphatic carbocycles. The number of hydrogen-bond donors (Lipinski definition) is 1. The second-order valence-electron chi connectivity index (χ2n) is 7.15. The minimum atomic E-state index is -1.05. The molecule has 6 nitrogen and oxygen atoms in total. The van der Waals surface area contributed by atoms with Gasteiger partial charge in [0.05, 0.1) is 0 Å². The van der Waals surface area contributed by atoms with Crippen molar-refractivity contribution in [2.24, 2.45) is 5.73 Å². The lowest BCUT2D eigenvalue weighted by molar-refractivity contribution is -0.142. The van der Waals surface area contributed by atoms with E-state index in [2.05, 4.69) is 17.6 Å². The third-order valence-electron chi connectivity index (χ3n) is 5.09. The van der Waals surface area contributed by atoms with Crippen LogP contribution in [-0.4, -0.2) is 22.7 Å². The second-order valence-corrected chi connectivity index (χ2v) is 7.15. The topological polar surface area (TPSA) is 83.5 Å². The van der Waals surface area contributed by atoms with Crippen molar-refractivity contribution in [1.82, 2.24) is 4.57 Å². The van der Waals surface area contributed by atoms with Crippen molar-refractivity contribution < 1.29 is 19.1 Å². The van der Waals surface area contributed by atoms with Gasteiger partial charge in [-0.25, -0.2) is 9.59 Å². The number of esters is 1. The molecule has 1 heterocycles. The molecule has 6 heteroatoms. The Hall–Kier alpha value is -3.12. The first-order chi connectivity index (χ1) is 13.9. The highest BCUT2D eigenvalue weighted by molar-refractivity contribution is 5.89. The maximum absolute atomic E-state index is 12.4. The summed E-state index contributed by atoms with van der Waals surface area (Å²) < 4.78 is 11.9. The fraction of sp³-hybridized carbons (Fsp3) is 0.304. The van der Waals surface area contributed by atoms with Gasteiger partial charge in [0.25, 0.3) is 0 Å². The quantitative estimate of drug-likeness (QED) is 0.498. The number of carbonyl (C=O) groups is 2. The standard InChI is InChI=1S/C23H26N2O4/c1-4-25-13-19(18-11-10-15(2)12-20(18)25)16(3)21(24)22(26)29-23(27)28-14-17-8-6-5-7-9-17/h5-13,16,21H,4,14,24H2,1-3H3/t16?,21-/m0/s1. The Labute approximate surface area is 170 Å². The summed E-state index contributed by atoms with van der Waals surface area (Å²) >= 11 is 0. The van der Waals surface area contributed by atoms with E-state index in [1.54, 1.807) is 0 Å². The Kier molecular flexibility index (Phi) is 6.34. The number of fused-ring (bicyclic) bond motifs is 1. The monoisotopic (exact) mass is 394 g/mol. The molecule has 0 amide bonds. The van der Waals surface area contributed by atoms with Crippen LogP contribution >= 0.6 is 0 Å². The first kappa shape index (κ1) is 20.6. The molecule has 2 N–H and O–H groups in total. The minimum absolute atomic E-state index is 0.0289. The van der Waals surface area contributed by atoms with E-state index in [-0.39, 0.29) is 12.5 Å². The van der Waals surface area contributed by atoms with Gasteiger partial charge in [0, 0.05) is 29.6 Å². The zero-order chi connectivity index (χ0) is 21.0. The second kappa shape index (κ2) is 8.92. The molecule has 0 spiro atoms. The van der Waals surface area contributed by atoms with Crippen LogP contribution in [-0.2, 0) is 27.4 Å². The summed E-state index contributed by atoms with van der Waals surface area (Å²) in [4.78, 5) is 24.3. The maximum atomic E-state index is 12.4. The van der Waals surface area contributed by atoms with Crippen LogP contribution in [0.4, 0.5) is 4.79 Å². The van der Waals surface area contributed by atoms with Gasteiger partial charge in [0.1, 0.15) is 12.6 Å². The Morgan fingerprint density at radius 3 is 2.55 bits per heavy atom. The lowest BCUT2D eigenvalue weighted by atomic mass is 9.93. The number of rotatable bonds is 6. The molecule has 2 aromatic carbocycles. The fourth-order valence-corrected chi connectivity index (χ4v) is 3.35. The highest BCUT2D eigenvalue weighted by atomic mass is 16.7. The molecule has 0 aliphatic rings. The van der Waals surface area contributed by atoms with Crippen molar-refractivity contribution in [3.05, 3.63) is 71.4 Å². The number of nitrogens with two attached hydrogens (primary N) is 1. The van der Waals surface area contributed by atoms with E-state index in [1.807, 2.05) is 62.5 Å². The summed E-state index contributed by atoms with van der Waals surface area (Å²) in [5, 5.41) is 1.04. The predicted molar refractivity (Wildman–Crippen MR) is 111 cm³/mol. The Bertz CT molecular complexity index is 1010. The van der Waals surface area contributed by atoms with Gasteiger partial charge in [-0.2, -0.15) is 0 Å². The first-order valence-electron chi connectivity index (χ1n) is 9.68. The Morgan fingerprint density at radius 1 is 1.14 bits per heavy atom. The van der Waals surface area contributed by atoms with E-state index < -0.39 is 18.2 Å². The normalized spacial score (nSPS) is 13.1. The molecule has 1 aromatic heterocycles. The van der Waals surface area contributed by atoms with Gasteiger partial charge in [-0.1, -0.05) is 49.4 Å². The van der Waals surface area contributed by atoms with E-state index in [0.717, 1.165) is 34.1 Å². The van der Waals surface area contributed by atoms with Crippen molar-refractivity contribution in [3.8, 4) is 0 Å². The van der Waals surface area contributed by atoms with E-state index >= 15 is 0 Å². The molecule has 0 saturated heterocycles. The first-order valence-corrected chi connectivity index (χ1v) is 9.68. The van der Waals surface area contributed by atoms with E-state index in [4.69, 9.17) is 15.2 Å². The highest BCUT2D eigenvalue weighted by Gasteiger charge is 2.28. The average molecular weight is 394 g/mol. The molecule has 0 fully saturated rings. The van der Waals surface area contributed by atoms with Gasteiger partial charge in [-0.3, -0.25) is 0 Å². The van der Waals surface area contributed by atoms with Crippen LogP contribution in [0, 0.1) is 6.92 Å². The van der Waals surface area contributed by atoms with Gasteiger partial charge >= 0.3 is 12.1 Å². The summed E-state index contributed by atoms with van der Waals surface area (Å²) in [6, 6.07) is 14.3. The molecule has 0 bridgehead atoms. The van der Waals surface area contributed by atoms with Gasteiger partial charge in [-0.05, 0) is 36.6 Å². The summed E-state index contributed by atoms with van der Waals surface area (Å²) in [6.45, 7) is 6.79. The third kappa shape index (κ3) is 4.66. The minimum Gasteiger partial charge on any atom is -0.429 e. The average Bonchev–Trinajstić information content (AvgIpc) is 3.09. The predicted octanol–water partition coefficient (Wildman–Crippen LogP) is 4.28. The van der Waals surface area contributed by atoms with Crippen molar-refractivity contribution in [2.75, 3.05) is 0 Å². The molecular weight excluding hydrogens is 368 g/mol. The van der Waals surface area contributed by atoms with E-state index in [0.29, 0.717) is 0 Å². The number of aryl methyl sites for hydroxylation is 2. The molecule has 0 aliphatic heterocycles. The van der Waals surface area contributed by atoms with Gasteiger partial charge in [-0.15, -0.1) is 0 Å². The van der Waals surface area contributed by atoms with Crippen LogP contribution in [0.3, 0.4) is 0 Å². The molecule has 29 heavy (non-hydrogen) atoms. The lowest BCUT2D eigenvalue weighted by Gasteiger charge is -2.17. The zero-order valence-corrected chi connectivity index (χ0v) is 16.9. The largest absolute Gasteiger partial charge is 0.516 e. The number of nitrogens with zero attached hydrogens (tertiary/aromatic N) is 1. The molecule has 0 saturated carbocycles. The van der Waals surface area contributed by atoms with E-state index in [1.165, 1.54) is 0 Å². The summed E-state index contributed by atoms with van der Waals surface area (Å²) in [7, 11) is 0. The lowest BCUT2D eigenvalue weighted by Crippen LogP contribution is -2.38. The van der Waals surface area contributed by atoms with Crippen LogP contribution in [0.15, 0.2) is 54.7 Å². The number of ether oxygens (including phenoxy) is 2. The van der Waals surface area contributed by atoms with Crippen LogP contribution in [0.1, 0.15) is 36.5 Å². The maximum Gasteiger partial charge on any atom is 0.516 e. The van der Waals surface area contributed by atoms with Crippen molar-refractivity contribution >= 4 is 23.0 Å². The van der Waals surface area contributed by atoms with Crippen LogP contribution in [0.2, 0.25) is 0 Å². The summed E-state index contributed by atoms with van der Waals surface area (Å²) in [6.07, 6.45) is 0.962. The highest BCUT2D eigenvalue weighted by Crippen LogP contribution is 2.30. The van der Waals surface area contributed by atoms with E-state index in [9.17, 15) is 9.59 Å². The smallest absolute Gasteiger partial charge is 0.429 e. The molecule has 3 aromatic rings. The zero-order valence-electron chi connectivity index (χ0n) is 16.9. The number of benzene rings is 2. The number of hydrogen-bond acceptors (Lipinski definition) is 5. The van der Waals surface area contributed by atoms with Crippen molar-refractivity contribution in [3.63, 3.8) is 0 Å². The molecule has 2 atom stereocenters. The number of aromatic nitrogens is 1. The van der Waals surface area contributed by atoms with Gasteiger partial charge in [0.2, 0.25) is 0 Å². The number of carbonyl (C=O) groups excluding carboxylic acids is 2. The van der Waals surface area contributed by atoms with Crippen molar-refractivity contribution in [2.45, 2.75) is 45.9 Å². The molecule has 152 valence electrons. The molecular formula is C23H26N2O4. The van der Waals surface area contributed by atoms with Crippen LogP contribution in [0.25, 0.3) is 10.9 Å². The van der Waals surface area contributed by atoms with Crippen LogP contribution < -0.4 is 5.73 Å². The van der Waals surface area contributed by atoms with Gasteiger partial charge in [0.15, 0.2) is 0 Å².